The van der Waals surface area contributed by atoms with Crippen molar-refractivity contribution >= 4 is 46.4 Å². The molecule has 2 saturated carbocycles. The fourth-order valence-corrected chi connectivity index (χ4v) is 7.50. The molecule has 3 amide bonds. The third-order valence-electron chi connectivity index (χ3n) is 10.1. The highest BCUT2D eigenvalue weighted by Crippen LogP contribution is 2.45. The summed E-state index contributed by atoms with van der Waals surface area (Å²) < 4.78 is 55.8. The van der Waals surface area contributed by atoms with Crippen LogP contribution in [0.15, 0.2) is 36.4 Å². The van der Waals surface area contributed by atoms with Gasteiger partial charge in [0.2, 0.25) is 17.7 Å². The molecule has 0 unspecified atom stereocenters. The van der Waals surface area contributed by atoms with E-state index in [2.05, 4.69) is 15.6 Å². The van der Waals surface area contributed by atoms with Crippen molar-refractivity contribution in [3.05, 3.63) is 41.4 Å². The quantitative estimate of drug-likeness (QED) is 0.272. The van der Waals surface area contributed by atoms with Gasteiger partial charge in [-0.1, -0.05) is 36.2 Å². The number of hydrogen-bond acceptors (Lipinski definition) is 8. The number of fused-ring (bicyclic) bond motifs is 3. The standard InChI is InChI=1S/C36H42ClF3N4O8/c37-26-13-7-12-25-28(18-29(42-31(25)26)50-15-14-36(38,39)40)51-24-17-27-32(46)43-35(33(47)48)19-21(35)8-3-1-2-4-9-22(16-30(45)44(27)20-24)41-34(49)52-23-10-5-6-11-23/h3,7-8,12-13,18,21-24,27H,1-2,4-6,9-11,14-17,19-20H2,(H,41,49)(H,43,46)(H,47,48)/b8-3-/t21-,22-,24+,27-,35+/m0/s1. The molecule has 52 heavy (non-hydrogen) atoms. The van der Waals surface area contributed by atoms with Gasteiger partial charge in [-0.25, -0.2) is 14.6 Å². The number of allylic oxidation sites excluding steroid dienone is 1. The van der Waals surface area contributed by atoms with E-state index in [9.17, 15) is 37.5 Å². The summed E-state index contributed by atoms with van der Waals surface area (Å²) in [5, 5.41) is 16.3. The van der Waals surface area contributed by atoms with E-state index in [0.717, 1.165) is 32.1 Å². The molecule has 0 bridgehead atoms. The van der Waals surface area contributed by atoms with Crippen LogP contribution in [0.2, 0.25) is 5.02 Å². The zero-order valence-corrected chi connectivity index (χ0v) is 29.2. The molecule has 2 aliphatic carbocycles. The molecule has 1 aromatic heterocycles. The second-order valence-corrected chi connectivity index (χ2v) is 14.4. The molecular formula is C36H42ClF3N4O8. The largest absolute Gasteiger partial charge is 0.488 e. The van der Waals surface area contributed by atoms with Gasteiger partial charge < -0.3 is 34.9 Å². The number of carboxylic acid groups (broad SMARTS) is 1. The number of rotatable bonds is 8. The summed E-state index contributed by atoms with van der Waals surface area (Å²) >= 11 is 6.39. The van der Waals surface area contributed by atoms with E-state index in [1.54, 1.807) is 24.3 Å². The van der Waals surface area contributed by atoms with Crippen molar-refractivity contribution in [1.29, 1.82) is 0 Å². The Morgan fingerprint density at radius 1 is 1.12 bits per heavy atom. The maximum Gasteiger partial charge on any atom is 0.407 e. The lowest BCUT2D eigenvalue weighted by Gasteiger charge is -2.27. The third kappa shape index (κ3) is 9.02. The van der Waals surface area contributed by atoms with Crippen molar-refractivity contribution in [3.63, 3.8) is 0 Å². The van der Waals surface area contributed by atoms with Gasteiger partial charge in [-0.15, -0.1) is 0 Å². The van der Waals surface area contributed by atoms with Crippen LogP contribution >= 0.6 is 11.6 Å². The number of carbonyl (C=O) groups excluding carboxylic acids is 3. The van der Waals surface area contributed by atoms with Crippen molar-refractivity contribution in [2.75, 3.05) is 13.2 Å². The zero-order valence-electron chi connectivity index (χ0n) is 28.5. The van der Waals surface area contributed by atoms with Gasteiger partial charge >= 0.3 is 18.2 Å². The number of aliphatic carboxylic acids is 1. The van der Waals surface area contributed by atoms with Crippen molar-refractivity contribution in [2.45, 2.75) is 113 Å². The predicted octanol–water partition coefficient (Wildman–Crippen LogP) is 6.08. The molecule has 0 spiro atoms. The van der Waals surface area contributed by atoms with Gasteiger partial charge in [-0.3, -0.25) is 9.59 Å². The van der Waals surface area contributed by atoms with Crippen LogP contribution in [0.4, 0.5) is 18.0 Å². The molecular weight excluding hydrogens is 709 g/mol. The number of para-hydroxylation sites is 1. The molecule has 5 atom stereocenters. The summed E-state index contributed by atoms with van der Waals surface area (Å²) in [7, 11) is 0. The van der Waals surface area contributed by atoms with Gasteiger partial charge in [-0.2, -0.15) is 13.2 Å². The van der Waals surface area contributed by atoms with Gasteiger partial charge in [0.05, 0.1) is 30.1 Å². The monoisotopic (exact) mass is 750 g/mol. The molecule has 16 heteroatoms. The minimum absolute atomic E-state index is 0.0236. The Bertz CT molecular complexity index is 1700. The number of carboxylic acids is 1. The lowest BCUT2D eigenvalue weighted by atomic mass is 10.0. The van der Waals surface area contributed by atoms with Crippen molar-refractivity contribution < 1.29 is 51.7 Å². The van der Waals surface area contributed by atoms with Crippen LogP contribution in [0.5, 0.6) is 11.6 Å². The molecule has 3 fully saturated rings. The number of nitrogens with one attached hydrogen (secondary N) is 2. The summed E-state index contributed by atoms with van der Waals surface area (Å²) in [5.74, 6) is -2.68. The Morgan fingerprint density at radius 2 is 1.88 bits per heavy atom. The number of ether oxygens (including phenoxy) is 3. The van der Waals surface area contributed by atoms with Crippen LogP contribution in [-0.2, 0) is 19.1 Å². The van der Waals surface area contributed by atoms with E-state index in [-0.39, 0.29) is 54.1 Å². The molecule has 282 valence electrons. The number of aromatic nitrogens is 1. The maximum atomic E-state index is 14.1. The van der Waals surface area contributed by atoms with Crippen LogP contribution in [0.25, 0.3) is 10.9 Å². The van der Waals surface area contributed by atoms with Gasteiger partial charge in [0.25, 0.3) is 0 Å². The number of hydrogen-bond donors (Lipinski definition) is 3. The second-order valence-electron chi connectivity index (χ2n) is 14.0. The normalized spacial score (nSPS) is 27.8. The number of nitrogens with zero attached hydrogens (tertiary/aromatic N) is 2. The smallest absolute Gasteiger partial charge is 0.407 e. The molecule has 1 saturated heterocycles. The summed E-state index contributed by atoms with van der Waals surface area (Å²) in [4.78, 5) is 58.9. The number of carbonyl (C=O) groups is 4. The van der Waals surface area contributed by atoms with E-state index < -0.39 is 72.7 Å². The molecule has 3 N–H and O–H groups in total. The second kappa shape index (κ2) is 15.8. The number of benzene rings is 1. The third-order valence-corrected chi connectivity index (χ3v) is 10.5. The zero-order chi connectivity index (χ0) is 37.0. The van der Waals surface area contributed by atoms with Gasteiger partial charge in [0, 0.05) is 36.3 Å². The highest BCUT2D eigenvalue weighted by molar-refractivity contribution is 6.35. The molecule has 0 radical (unpaired) electrons. The molecule has 12 nitrogen and oxygen atoms in total. The maximum absolute atomic E-state index is 14.1. The van der Waals surface area contributed by atoms with Gasteiger partial charge in [-0.05, 0) is 63.5 Å². The highest BCUT2D eigenvalue weighted by Gasteiger charge is 2.61. The number of alkyl halides is 3. The Morgan fingerprint density at radius 3 is 2.63 bits per heavy atom. The van der Waals surface area contributed by atoms with E-state index in [0.29, 0.717) is 24.6 Å². The Balaban J connectivity index is 1.25. The molecule has 4 aliphatic rings. The van der Waals surface area contributed by atoms with Crippen LogP contribution in [0, 0.1) is 5.92 Å². The molecule has 2 aliphatic heterocycles. The fraction of sp³-hybridized carbons (Fsp3) is 0.583. The lowest BCUT2D eigenvalue weighted by molar-refractivity contribution is -0.145. The number of alkyl carbamates (subject to hydrolysis) is 1. The molecule has 1 aromatic carbocycles. The highest BCUT2D eigenvalue weighted by atomic mass is 35.5. The Labute approximate surface area is 303 Å². The summed E-state index contributed by atoms with van der Waals surface area (Å²) in [6.07, 6.45) is 2.65. The average molecular weight is 751 g/mol. The summed E-state index contributed by atoms with van der Waals surface area (Å²) in [6, 6.07) is 4.50. The topological polar surface area (TPSA) is 156 Å². The van der Waals surface area contributed by atoms with Crippen LogP contribution in [0.3, 0.4) is 0 Å². The van der Waals surface area contributed by atoms with Gasteiger partial charge in [0.15, 0.2) is 0 Å². The van der Waals surface area contributed by atoms with E-state index in [1.807, 2.05) is 6.08 Å². The number of pyridine rings is 1. The van der Waals surface area contributed by atoms with E-state index in [1.165, 1.54) is 11.0 Å². The van der Waals surface area contributed by atoms with E-state index in [4.69, 9.17) is 25.8 Å². The van der Waals surface area contributed by atoms with Crippen LogP contribution < -0.4 is 20.1 Å². The molecule has 6 rings (SSSR count). The lowest BCUT2D eigenvalue weighted by Crippen LogP contribution is -2.53. The number of halogens is 4. The summed E-state index contributed by atoms with van der Waals surface area (Å²) in [6.45, 7) is -0.765. The van der Waals surface area contributed by atoms with E-state index >= 15 is 0 Å². The average Bonchev–Trinajstić information content (AvgIpc) is 3.35. The summed E-state index contributed by atoms with van der Waals surface area (Å²) in [5.41, 5.74) is -1.28. The Hall–Kier alpha value is -4.27. The Kier molecular flexibility index (Phi) is 11.4. The first-order chi connectivity index (χ1) is 24.8. The number of amides is 3. The van der Waals surface area contributed by atoms with Crippen molar-refractivity contribution in [2.24, 2.45) is 5.92 Å². The van der Waals surface area contributed by atoms with Gasteiger partial charge in [0.1, 0.15) is 29.5 Å². The first-order valence-electron chi connectivity index (χ1n) is 17.8. The molecule has 2 aromatic rings. The van der Waals surface area contributed by atoms with Crippen molar-refractivity contribution in [3.8, 4) is 11.6 Å². The minimum Gasteiger partial charge on any atom is -0.488 e. The SMILES string of the molecule is O=C(N[C@H]1CCCC/C=C\[C@H]2C[C@@]2(C(=O)O)NC(=O)[C@@H]2C[C@@H](Oc3cc(OCCC(F)(F)F)nc4c(Cl)cccc34)CN2C(=O)C1)OC1CCCC1. The minimum atomic E-state index is -4.44. The van der Waals surface area contributed by atoms with Crippen LogP contribution in [-0.4, -0.2) is 88.0 Å². The first-order valence-corrected chi connectivity index (χ1v) is 18.1. The fourth-order valence-electron chi connectivity index (χ4n) is 7.28. The predicted molar refractivity (Wildman–Crippen MR) is 182 cm³/mol. The van der Waals surface area contributed by atoms with Crippen LogP contribution in [0.1, 0.15) is 77.0 Å². The first kappa shape index (κ1) is 37.5. The van der Waals surface area contributed by atoms with Crippen molar-refractivity contribution in [1.82, 2.24) is 20.5 Å². The molecule has 3 heterocycles.